The number of hydrogen-bond donors (Lipinski definition) is 4. The summed E-state index contributed by atoms with van der Waals surface area (Å²) in [5, 5.41) is 29.2. The number of aliphatic hydroxyl groups is 2. The molecule has 0 spiro atoms. The number of β-amino-alcohol motifs (C(OH)–C–C–N with tert-alkyl or cyclic N) is 1. The fraction of sp³-hybridized carbons (Fsp3) is 0.474. The fourth-order valence-corrected chi connectivity index (χ4v) is 7.80. The summed E-state index contributed by atoms with van der Waals surface area (Å²) in [7, 11) is 1.52. The third-order valence-corrected chi connectivity index (χ3v) is 11.0. The van der Waals surface area contributed by atoms with E-state index in [1.807, 2.05) is 41.6 Å². The van der Waals surface area contributed by atoms with Crippen molar-refractivity contribution in [1.82, 2.24) is 30.4 Å². The molecule has 2 amide bonds. The number of alkyl halides is 3. The van der Waals surface area contributed by atoms with Gasteiger partial charge in [-0.3, -0.25) is 24.4 Å². The molecule has 0 radical (unpaired) electrons. The molecule has 13 nitrogen and oxygen atoms in total. The molecule has 0 bridgehead atoms. The Balaban J connectivity index is 1.18. The van der Waals surface area contributed by atoms with Crippen LogP contribution in [0.3, 0.4) is 0 Å². The van der Waals surface area contributed by atoms with Crippen molar-refractivity contribution in [1.29, 1.82) is 0 Å². The molecular weight excluding hydrogens is 742 g/mol. The van der Waals surface area contributed by atoms with Gasteiger partial charge < -0.3 is 34.7 Å². The Hall–Kier alpha value is -4.55. The molecule has 2 aliphatic heterocycles. The van der Waals surface area contributed by atoms with E-state index in [1.54, 1.807) is 53.8 Å². The Bertz CT molecular complexity index is 1910. The lowest BCUT2D eigenvalue weighted by Crippen LogP contribution is -2.63. The zero-order chi connectivity index (χ0) is 39.3. The number of pyridine rings is 1. The van der Waals surface area contributed by atoms with E-state index in [-0.39, 0.29) is 38.6 Å². The van der Waals surface area contributed by atoms with Gasteiger partial charge in [0, 0.05) is 54.3 Å². The minimum absolute atomic E-state index is 0.00198. The maximum Gasteiger partial charge on any atom is 0.405 e. The molecule has 6 rings (SSSR count). The number of rotatable bonds is 14. The second-order valence-electron chi connectivity index (χ2n) is 14.3. The molecule has 5 heterocycles. The molecule has 0 unspecified atom stereocenters. The molecule has 0 aliphatic carbocycles. The van der Waals surface area contributed by atoms with Gasteiger partial charge in [0.25, 0.3) is 0 Å². The van der Waals surface area contributed by atoms with Crippen molar-refractivity contribution in [3.63, 3.8) is 0 Å². The number of halogens is 3. The van der Waals surface area contributed by atoms with Crippen molar-refractivity contribution >= 4 is 23.2 Å². The number of hydrogen-bond acceptors (Lipinski definition) is 12. The molecule has 4 aromatic rings. The number of thiophene rings is 1. The van der Waals surface area contributed by atoms with Crippen LogP contribution in [-0.2, 0) is 21.5 Å². The first-order valence-electron chi connectivity index (χ1n) is 17.9. The number of nitrogens with zero attached hydrogens (tertiary/aromatic N) is 4. The maximum atomic E-state index is 13.9. The molecule has 1 fully saturated rings. The topological polar surface area (TPSA) is 163 Å². The number of ether oxygens (including phenoxy) is 2. The third kappa shape index (κ3) is 9.83. The Morgan fingerprint density at radius 2 is 1.93 bits per heavy atom. The van der Waals surface area contributed by atoms with E-state index in [0.717, 1.165) is 4.88 Å². The predicted octanol–water partition coefficient (Wildman–Crippen LogP) is 3.93. The second-order valence-corrected chi connectivity index (χ2v) is 15.3. The lowest BCUT2D eigenvalue weighted by molar-refractivity contribution is -0.144. The highest BCUT2D eigenvalue weighted by molar-refractivity contribution is 7.09. The molecule has 17 heteroatoms. The van der Waals surface area contributed by atoms with Crippen LogP contribution in [0.5, 0.6) is 11.5 Å². The van der Waals surface area contributed by atoms with Gasteiger partial charge in [0.1, 0.15) is 36.8 Å². The second kappa shape index (κ2) is 17.1. The maximum absolute atomic E-state index is 13.9. The molecule has 5 atom stereocenters. The molecule has 2 aliphatic rings. The molecule has 1 aromatic carbocycles. The predicted molar refractivity (Wildman–Crippen MR) is 196 cm³/mol. The normalized spacial score (nSPS) is 20.5. The van der Waals surface area contributed by atoms with Crippen molar-refractivity contribution in [2.24, 2.45) is 5.92 Å². The van der Waals surface area contributed by atoms with Gasteiger partial charge in [0.2, 0.25) is 17.7 Å². The number of methoxy groups -OCH3 is 1. The van der Waals surface area contributed by atoms with Crippen LogP contribution >= 0.6 is 11.3 Å². The highest BCUT2D eigenvalue weighted by Crippen LogP contribution is 2.35. The minimum Gasteiger partial charge on any atom is -0.495 e. The quantitative estimate of drug-likeness (QED) is 0.147. The van der Waals surface area contributed by atoms with Crippen LogP contribution in [0.2, 0.25) is 0 Å². The van der Waals surface area contributed by atoms with Gasteiger partial charge in [-0.15, -0.1) is 11.3 Å². The Morgan fingerprint density at radius 1 is 1.13 bits per heavy atom. The number of amides is 2. The first kappa shape index (κ1) is 40.1. The Morgan fingerprint density at radius 3 is 2.67 bits per heavy atom. The van der Waals surface area contributed by atoms with E-state index >= 15 is 0 Å². The molecular formula is C38H45F3N6O7S. The van der Waals surface area contributed by atoms with Gasteiger partial charge >= 0.3 is 6.18 Å². The molecule has 0 saturated carbocycles. The number of oxazole rings is 1. The van der Waals surface area contributed by atoms with Crippen LogP contribution in [-0.4, -0.2) is 113 Å². The van der Waals surface area contributed by atoms with Gasteiger partial charge in [-0.2, -0.15) is 13.2 Å². The van der Waals surface area contributed by atoms with E-state index in [0.29, 0.717) is 47.2 Å². The standard InChI is InChI=1S/C38H45F3N6O7S/c1-37(2,36-43-18-32(54-36)24-14-26(52-3)17-42-16-24)47-11-10-46(29(20-47)35(51)44-22-38(39,40)41)19-25(48)13-23(15-27-7-6-12-55-27)34(50)45-33-28-8-4-5-9-31(28)53-21-30(33)49/h4-9,12,14,16-18,23,25,29-30,33,48-49H,10-11,13,15,19-22H2,1-3H3,(H,44,51)(H,45,50)/t23-,25-,29-,30+,33-/m0/s1. The van der Waals surface area contributed by atoms with Crippen molar-refractivity contribution in [2.75, 3.05) is 46.4 Å². The number of piperazine rings is 1. The number of aromatic nitrogens is 2. The summed E-state index contributed by atoms with van der Waals surface area (Å²) in [4.78, 5) is 40.5. The lowest BCUT2D eigenvalue weighted by atomic mass is 9.92. The van der Waals surface area contributed by atoms with E-state index in [9.17, 15) is 33.0 Å². The number of benzene rings is 1. The van der Waals surface area contributed by atoms with Crippen LogP contribution in [0.4, 0.5) is 13.2 Å². The minimum atomic E-state index is -4.63. The average Bonchev–Trinajstić information content (AvgIpc) is 3.88. The summed E-state index contributed by atoms with van der Waals surface area (Å²) < 4.78 is 56.8. The monoisotopic (exact) mass is 786 g/mol. The molecule has 4 N–H and O–H groups in total. The molecule has 1 saturated heterocycles. The van der Waals surface area contributed by atoms with E-state index in [1.165, 1.54) is 18.4 Å². The SMILES string of the molecule is COc1cncc(-c2cnc(C(C)(C)N3CCN(C[C@@H](O)C[C@@H](Cc4cccs4)C(=O)N[C@H]4c5ccccc5OC[C@H]4O)[C@H](C(=O)NCC(F)(F)F)C3)o2)c1. The van der Waals surface area contributed by atoms with Crippen LogP contribution in [0.1, 0.15) is 42.6 Å². The highest BCUT2D eigenvalue weighted by Gasteiger charge is 2.43. The van der Waals surface area contributed by atoms with Crippen LogP contribution in [0.15, 0.2) is 70.9 Å². The third-order valence-electron chi connectivity index (χ3n) is 10.1. The number of nitrogens with one attached hydrogen (secondary N) is 2. The molecule has 296 valence electrons. The Kier molecular flexibility index (Phi) is 12.5. The first-order chi connectivity index (χ1) is 26.2. The van der Waals surface area contributed by atoms with Crippen LogP contribution in [0.25, 0.3) is 11.3 Å². The summed E-state index contributed by atoms with van der Waals surface area (Å²) in [5.74, 6) is -0.103. The summed E-state index contributed by atoms with van der Waals surface area (Å²) in [6, 6.07) is 10.8. The van der Waals surface area contributed by atoms with Gasteiger partial charge in [0.05, 0.1) is 37.2 Å². The fourth-order valence-electron chi connectivity index (χ4n) is 7.01. The summed E-state index contributed by atoms with van der Waals surface area (Å²) in [6.07, 6.45) is -1.74. The van der Waals surface area contributed by atoms with E-state index < -0.39 is 54.4 Å². The number of carbonyl (C=O) groups excluding carboxylic acids is 2. The largest absolute Gasteiger partial charge is 0.495 e. The summed E-state index contributed by atoms with van der Waals surface area (Å²) in [5.41, 5.74) is 0.378. The number of para-hydroxylation sites is 1. The number of carbonyl (C=O) groups is 2. The van der Waals surface area contributed by atoms with Crippen LogP contribution < -0.4 is 20.1 Å². The first-order valence-corrected chi connectivity index (χ1v) is 18.8. The lowest BCUT2D eigenvalue weighted by Gasteiger charge is -2.46. The van der Waals surface area contributed by atoms with Crippen LogP contribution in [0, 0.1) is 5.92 Å². The highest BCUT2D eigenvalue weighted by atomic mass is 32.1. The Labute approximate surface area is 320 Å². The molecule has 3 aromatic heterocycles. The van der Waals surface area contributed by atoms with Gasteiger partial charge in [-0.1, -0.05) is 24.3 Å². The summed E-state index contributed by atoms with van der Waals surface area (Å²) >= 11 is 1.47. The van der Waals surface area contributed by atoms with Crippen molar-refractivity contribution < 1.29 is 46.9 Å². The van der Waals surface area contributed by atoms with Crippen molar-refractivity contribution in [3.8, 4) is 22.8 Å². The van der Waals surface area contributed by atoms with Crippen molar-refractivity contribution in [2.45, 2.75) is 62.7 Å². The van der Waals surface area contributed by atoms with Crippen molar-refractivity contribution in [3.05, 3.63) is 82.8 Å². The van der Waals surface area contributed by atoms with E-state index in [2.05, 4.69) is 15.3 Å². The van der Waals surface area contributed by atoms with Gasteiger partial charge in [-0.25, -0.2) is 4.98 Å². The van der Waals surface area contributed by atoms with Gasteiger partial charge in [-0.05, 0) is 50.3 Å². The average molecular weight is 787 g/mol. The zero-order valence-corrected chi connectivity index (χ0v) is 31.5. The number of aliphatic hydroxyl groups excluding tert-OH is 2. The molecule has 55 heavy (non-hydrogen) atoms. The smallest absolute Gasteiger partial charge is 0.405 e. The number of fused-ring (bicyclic) bond motifs is 1. The van der Waals surface area contributed by atoms with E-state index in [4.69, 9.17) is 13.9 Å². The summed E-state index contributed by atoms with van der Waals surface area (Å²) in [6.45, 7) is 2.68. The zero-order valence-electron chi connectivity index (χ0n) is 30.7. The van der Waals surface area contributed by atoms with Gasteiger partial charge in [0.15, 0.2) is 5.76 Å².